The van der Waals surface area contributed by atoms with Gasteiger partial charge in [0.05, 0.1) is 32.1 Å². The fourth-order valence-corrected chi connectivity index (χ4v) is 3.33. The molecule has 1 rings (SSSR count). The van der Waals surface area contributed by atoms with Gasteiger partial charge in [-0.15, -0.1) is 0 Å². The Morgan fingerprint density at radius 3 is 2.48 bits per heavy atom. The van der Waals surface area contributed by atoms with Crippen LogP contribution in [0.3, 0.4) is 0 Å². The van der Waals surface area contributed by atoms with Crippen LogP contribution in [0.15, 0.2) is 0 Å². The molecular formula is C11H20F2N2O5S. The highest BCUT2D eigenvalue weighted by atomic mass is 32.2. The Kier molecular flexibility index (Phi) is 7.43. The van der Waals surface area contributed by atoms with Crippen molar-refractivity contribution in [3.8, 4) is 0 Å². The topological polar surface area (TPSA) is 87.2 Å². The van der Waals surface area contributed by atoms with Gasteiger partial charge in [0, 0.05) is 26.1 Å². The molecule has 21 heavy (non-hydrogen) atoms. The smallest absolute Gasteiger partial charge is 0.255 e. The first kappa shape index (κ1) is 18.2. The Bertz CT molecular complexity index is 426. The molecule has 0 spiro atoms. The lowest BCUT2D eigenvalue weighted by Crippen LogP contribution is -2.43. The molecule has 1 saturated heterocycles. The molecule has 7 nitrogen and oxygen atoms in total. The van der Waals surface area contributed by atoms with Crippen LogP contribution in [0.2, 0.25) is 0 Å². The van der Waals surface area contributed by atoms with Gasteiger partial charge in [-0.2, -0.15) is 4.31 Å². The van der Waals surface area contributed by atoms with E-state index in [2.05, 4.69) is 0 Å². The molecule has 0 atom stereocenters. The summed E-state index contributed by atoms with van der Waals surface area (Å²) in [5.74, 6) is -1.14. The normalized spacial score (nSPS) is 17.1. The average molecular weight is 330 g/mol. The van der Waals surface area contributed by atoms with E-state index in [1.165, 1.54) is 4.31 Å². The van der Waals surface area contributed by atoms with Crippen molar-refractivity contribution in [2.75, 3.05) is 51.8 Å². The molecule has 1 heterocycles. The maximum atomic E-state index is 12.3. The molecule has 1 amide bonds. The van der Waals surface area contributed by atoms with Crippen molar-refractivity contribution < 1.29 is 31.8 Å². The zero-order valence-electron chi connectivity index (χ0n) is 11.6. The number of morpholine rings is 1. The van der Waals surface area contributed by atoms with Gasteiger partial charge in [0.15, 0.2) is 0 Å². The Hall–Kier alpha value is -0.840. The van der Waals surface area contributed by atoms with E-state index in [4.69, 9.17) is 9.84 Å². The van der Waals surface area contributed by atoms with E-state index in [1.807, 2.05) is 0 Å². The van der Waals surface area contributed by atoms with Crippen LogP contribution in [0.1, 0.15) is 6.42 Å². The van der Waals surface area contributed by atoms with Gasteiger partial charge < -0.3 is 14.7 Å². The molecule has 0 radical (unpaired) electrons. The van der Waals surface area contributed by atoms with Gasteiger partial charge in [-0.25, -0.2) is 17.2 Å². The molecule has 0 aromatic heterocycles. The van der Waals surface area contributed by atoms with Crippen molar-refractivity contribution in [2.45, 2.75) is 12.8 Å². The Balaban J connectivity index is 2.52. The summed E-state index contributed by atoms with van der Waals surface area (Å²) in [7, 11) is -3.60. The summed E-state index contributed by atoms with van der Waals surface area (Å²) in [6.45, 7) is -0.432. The molecule has 10 heteroatoms. The van der Waals surface area contributed by atoms with Crippen LogP contribution in [0.5, 0.6) is 0 Å². The van der Waals surface area contributed by atoms with Crippen molar-refractivity contribution in [3.05, 3.63) is 0 Å². The number of amides is 1. The third kappa shape index (κ3) is 6.20. The van der Waals surface area contributed by atoms with Crippen molar-refractivity contribution in [2.24, 2.45) is 0 Å². The van der Waals surface area contributed by atoms with E-state index in [1.54, 1.807) is 0 Å². The summed E-state index contributed by atoms with van der Waals surface area (Å²) in [5.41, 5.74) is 0. The Morgan fingerprint density at radius 1 is 1.33 bits per heavy atom. The number of hydrogen-bond acceptors (Lipinski definition) is 5. The van der Waals surface area contributed by atoms with Gasteiger partial charge >= 0.3 is 0 Å². The van der Waals surface area contributed by atoms with Gasteiger partial charge in [0.2, 0.25) is 15.9 Å². The van der Waals surface area contributed by atoms with Crippen molar-refractivity contribution >= 4 is 15.9 Å². The summed E-state index contributed by atoms with van der Waals surface area (Å²) in [5, 5.41) is 8.75. The second-order valence-corrected chi connectivity index (χ2v) is 6.62. The molecule has 1 N–H and O–H groups in total. The van der Waals surface area contributed by atoms with Crippen molar-refractivity contribution in [1.29, 1.82) is 0 Å². The number of carbonyl (C=O) groups excluding carboxylic acids is 1. The van der Waals surface area contributed by atoms with Crippen LogP contribution in [-0.2, 0) is 19.6 Å². The zero-order chi connectivity index (χ0) is 15.9. The molecule has 1 fully saturated rings. The number of rotatable bonds is 8. The van der Waals surface area contributed by atoms with E-state index in [0.717, 1.165) is 4.90 Å². The SMILES string of the molecule is O=C(CCS(=O)(=O)N1CCOCC1)N(CCO)CC(F)F. The molecular weight excluding hydrogens is 310 g/mol. The number of carbonyl (C=O) groups is 1. The summed E-state index contributed by atoms with van der Waals surface area (Å²) >= 11 is 0. The Morgan fingerprint density at radius 2 is 1.95 bits per heavy atom. The van der Waals surface area contributed by atoms with Gasteiger partial charge in [0.25, 0.3) is 6.43 Å². The first-order valence-electron chi connectivity index (χ1n) is 6.59. The maximum absolute atomic E-state index is 12.3. The van der Waals surface area contributed by atoms with E-state index in [-0.39, 0.29) is 26.1 Å². The van der Waals surface area contributed by atoms with Gasteiger partial charge in [-0.3, -0.25) is 4.79 Å². The molecule has 0 unspecified atom stereocenters. The van der Waals surface area contributed by atoms with Crippen LogP contribution in [0, 0.1) is 0 Å². The van der Waals surface area contributed by atoms with E-state index >= 15 is 0 Å². The minimum atomic E-state index is -3.60. The van der Waals surface area contributed by atoms with Crippen LogP contribution >= 0.6 is 0 Å². The molecule has 1 aliphatic heterocycles. The van der Waals surface area contributed by atoms with Crippen LogP contribution in [0.4, 0.5) is 8.78 Å². The monoisotopic (exact) mass is 330 g/mol. The maximum Gasteiger partial charge on any atom is 0.255 e. The second-order valence-electron chi connectivity index (χ2n) is 4.53. The number of sulfonamides is 1. The third-order valence-corrected chi connectivity index (χ3v) is 4.89. The van der Waals surface area contributed by atoms with Gasteiger partial charge in [-0.1, -0.05) is 0 Å². The fraction of sp³-hybridized carbons (Fsp3) is 0.909. The predicted molar refractivity (Wildman–Crippen MR) is 70.5 cm³/mol. The standard InChI is InChI=1S/C11H20F2N2O5S/c12-10(13)9-14(2-5-16)11(17)1-8-21(18,19)15-3-6-20-7-4-15/h10,16H,1-9H2. The lowest BCUT2D eigenvalue weighted by molar-refractivity contribution is -0.133. The van der Waals surface area contributed by atoms with Crippen LogP contribution in [0.25, 0.3) is 0 Å². The predicted octanol–water partition coefficient (Wildman–Crippen LogP) is -0.875. The fourth-order valence-electron chi connectivity index (χ4n) is 1.93. The highest BCUT2D eigenvalue weighted by Crippen LogP contribution is 2.09. The number of alkyl halides is 2. The van der Waals surface area contributed by atoms with Gasteiger partial charge in [0.1, 0.15) is 0 Å². The lowest BCUT2D eigenvalue weighted by atomic mass is 10.3. The van der Waals surface area contributed by atoms with E-state index < -0.39 is 41.3 Å². The minimum absolute atomic E-state index is 0.230. The van der Waals surface area contributed by atoms with E-state index in [9.17, 15) is 22.0 Å². The molecule has 124 valence electrons. The summed E-state index contributed by atoms with van der Waals surface area (Å²) in [6.07, 6.45) is -3.11. The quantitative estimate of drug-likeness (QED) is 0.625. The van der Waals surface area contributed by atoms with Crippen molar-refractivity contribution in [3.63, 3.8) is 0 Å². The largest absolute Gasteiger partial charge is 0.395 e. The highest BCUT2D eigenvalue weighted by molar-refractivity contribution is 7.89. The highest BCUT2D eigenvalue weighted by Gasteiger charge is 2.26. The third-order valence-electron chi connectivity index (χ3n) is 3.02. The lowest BCUT2D eigenvalue weighted by Gasteiger charge is -2.26. The molecule has 0 aliphatic carbocycles. The van der Waals surface area contributed by atoms with Crippen LogP contribution in [-0.4, -0.2) is 86.8 Å². The number of halogens is 2. The summed E-state index contributed by atoms with van der Waals surface area (Å²) in [6, 6.07) is 0. The molecule has 0 bridgehead atoms. The molecule has 0 saturated carbocycles. The first-order valence-corrected chi connectivity index (χ1v) is 8.20. The number of ether oxygens (including phenoxy) is 1. The van der Waals surface area contributed by atoms with E-state index in [0.29, 0.717) is 13.2 Å². The molecule has 0 aromatic carbocycles. The summed E-state index contributed by atoms with van der Waals surface area (Å²) in [4.78, 5) is 12.5. The summed E-state index contributed by atoms with van der Waals surface area (Å²) < 4.78 is 54.9. The Labute approximate surface area is 122 Å². The van der Waals surface area contributed by atoms with Crippen molar-refractivity contribution in [1.82, 2.24) is 9.21 Å². The number of aliphatic hydroxyl groups is 1. The molecule has 1 aliphatic rings. The average Bonchev–Trinajstić information content (AvgIpc) is 2.45. The van der Waals surface area contributed by atoms with Gasteiger partial charge in [-0.05, 0) is 0 Å². The minimum Gasteiger partial charge on any atom is -0.395 e. The number of aliphatic hydroxyl groups excluding tert-OH is 1. The molecule has 0 aromatic rings. The zero-order valence-corrected chi connectivity index (χ0v) is 12.4. The first-order chi connectivity index (χ1) is 9.86. The number of nitrogens with zero attached hydrogens (tertiary/aromatic N) is 2. The number of hydrogen-bond donors (Lipinski definition) is 1. The second kappa shape index (κ2) is 8.57. The van der Waals surface area contributed by atoms with Crippen LogP contribution < -0.4 is 0 Å².